The van der Waals surface area contributed by atoms with Gasteiger partial charge in [-0.1, -0.05) is 35.9 Å². The maximum absolute atomic E-state index is 12.1. The molecule has 1 heterocycles. The molecule has 0 aliphatic heterocycles. The first-order chi connectivity index (χ1) is 12.0. The summed E-state index contributed by atoms with van der Waals surface area (Å²) in [7, 11) is 0. The lowest BCUT2D eigenvalue weighted by atomic mass is 10.1. The van der Waals surface area contributed by atoms with Gasteiger partial charge in [0.05, 0.1) is 0 Å². The number of hydrogen-bond acceptors (Lipinski definition) is 2. The number of rotatable bonds is 5. The molecule has 0 saturated carbocycles. The van der Waals surface area contributed by atoms with E-state index in [1.165, 1.54) is 0 Å². The Morgan fingerprint density at radius 3 is 2.72 bits per heavy atom. The van der Waals surface area contributed by atoms with Crippen LogP contribution >= 0.6 is 11.6 Å². The molecule has 1 unspecified atom stereocenters. The van der Waals surface area contributed by atoms with E-state index in [-0.39, 0.29) is 6.42 Å². The van der Waals surface area contributed by atoms with Crippen LogP contribution in [0.3, 0.4) is 0 Å². The third-order valence-electron chi connectivity index (χ3n) is 3.78. The summed E-state index contributed by atoms with van der Waals surface area (Å²) >= 11 is 5.87. The van der Waals surface area contributed by atoms with Gasteiger partial charge in [0, 0.05) is 34.2 Å². The Kier molecular flexibility index (Phi) is 4.90. The molecule has 0 saturated heterocycles. The summed E-state index contributed by atoms with van der Waals surface area (Å²) in [6.07, 6.45) is 1.93. The number of carboxylic acid groups (broad SMARTS) is 1. The molecular formula is C18H16ClN3O3. The number of aromatic amines is 1. The van der Waals surface area contributed by atoms with Gasteiger partial charge in [-0.3, -0.25) is 0 Å². The quantitative estimate of drug-likeness (QED) is 0.561. The highest BCUT2D eigenvalue weighted by atomic mass is 35.5. The van der Waals surface area contributed by atoms with Gasteiger partial charge in [0.25, 0.3) is 0 Å². The zero-order valence-corrected chi connectivity index (χ0v) is 13.9. The largest absolute Gasteiger partial charge is 0.480 e. The molecule has 3 rings (SSSR count). The molecule has 4 N–H and O–H groups in total. The number of H-pyrrole nitrogens is 1. The lowest BCUT2D eigenvalue weighted by Gasteiger charge is -2.15. The molecule has 0 spiro atoms. The first kappa shape index (κ1) is 16.9. The van der Waals surface area contributed by atoms with E-state index in [9.17, 15) is 14.7 Å². The Labute approximate surface area is 148 Å². The van der Waals surface area contributed by atoms with Gasteiger partial charge < -0.3 is 20.7 Å². The minimum absolute atomic E-state index is 0.169. The normalized spacial score (nSPS) is 11.9. The van der Waals surface area contributed by atoms with E-state index in [0.29, 0.717) is 10.7 Å². The van der Waals surface area contributed by atoms with Crippen LogP contribution in [0.1, 0.15) is 5.56 Å². The number of halogens is 1. The van der Waals surface area contributed by atoms with Crippen molar-refractivity contribution in [1.82, 2.24) is 10.3 Å². The van der Waals surface area contributed by atoms with Gasteiger partial charge in [-0.25, -0.2) is 9.59 Å². The molecule has 1 atom stereocenters. The average molecular weight is 358 g/mol. The third kappa shape index (κ3) is 4.10. The zero-order chi connectivity index (χ0) is 17.8. The fourth-order valence-electron chi connectivity index (χ4n) is 2.61. The number of hydrogen-bond donors (Lipinski definition) is 4. The Bertz CT molecular complexity index is 923. The number of amides is 2. The summed E-state index contributed by atoms with van der Waals surface area (Å²) in [5, 5.41) is 15.9. The number of aromatic nitrogens is 1. The average Bonchev–Trinajstić information content (AvgIpc) is 2.97. The highest BCUT2D eigenvalue weighted by Gasteiger charge is 2.22. The van der Waals surface area contributed by atoms with Gasteiger partial charge in [-0.15, -0.1) is 0 Å². The summed E-state index contributed by atoms with van der Waals surface area (Å²) in [5.74, 6) is -1.11. The summed E-state index contributed by atoms with van der Waals surface area (Å²) in [5.41, 5.74) is 2.23. The highest BCUT2D eigenvalue weighted by Crippen LogP contribution is 2.19. The van der Waals surface area contributed by atoms with Gasteiger partial charge in [0.2, 0.25) is 0 Å². The smallest absolute Gasteiger partial charge is 0.326 e. The molecule has 0 aliphatic carbocycles. The maximum Gasteiger partial charge on any atom is 0.326 e. The van der Waals surface area contributed by atoms with Crippen molar-refractivity contribution in [1.29, 1.82) is 0 Å². The Morgan fingerprint density at radius 1 is 1.16 bits per heavy atom. The minimum Gasteiger partial charge on any atom is -0.480 e. The number of carbonyl (C=O) groups excluding carboxylic acids is 1. The number of benzene rings is 2. The fraction of sp³-hybridized carbons (Fsp3) is 0.111. The molecule has 0 bridgehead atoms. The fourth-order valence-corrected chi connectivity index (χ4v) is 2.80. The third-order valence-corrected chi connectivity index (χ3v) is 4.02. The van der Waals surface area contributed by atoms with Crippen molar-refractivity contribution < 1.29 is 14.7 Å². The maximum atomic E-state index is 12.1. The SMILES string of the molecule is O=C(Nc1cccc(Cl)c1)NC(Cc1c[nH]c2ccccc12)C(=O)O. The van der Waals surface area contributed by atoms with Crippen molar-refractivity contribution >= 4 is 40.2 Å². The van der Waals surface area contributed by atoms with Crippen LogP contribution in [0.2, 0.25) is 5.02 Å². The highest BCUT2D eigenvalue weighted by molar-refractivity contribution is 6.30. The Balaban J connectivity index is 1.71. The van der Waals surface area contributed by atoms with E-state index in [2.05, 4.69) is 15.6 Å². The summed E-state index contributed by atoms with van der Waals surface area (Å²) in [6, 6.07) is 12.6. The molecule has 7 heteroatoms. The number of carbonyl (C=O) groups is 2. The Morgan fingerprint density at radius 2 is 1.96 bits per heavy atom. The molecule has 0 radical (unpaired) electrons. The molecule has 25 heavy (non-hydrogen) atoms. The molecule has 128 valence electrons. The second-order valence-electron chi connectivity index (χ2n) is 5.56. The van der Waals surface area contributed by atoms with Crippen LogP contribution in [0.15, 0.2) is 54.7 Å². The minimum atomic E-state index is -1.11. The van der Waals surface area contributed by atoms with Crippen LogP contribution in [0.25, 0.3) is 10.9 Å². The van der Waals surface area contributed by atoms with E-state index < -0.39 is 18.0 Å². The van der Waals surface area contributed by atoms with Crippen molar-refractivity contribution in [2.75, 3.05) is 5.32 Å². The lowest BCUT2D eigenvalue weighted by Crippen LogP contribution is -2.44. The van der Waals surface area contributed by atoms with Crippen LogP contribution in [-0.2, 0) is 11.2 Å². The van der Waals surface area contributed by atoms with Gasteiger partial charge in [0.1, 0.15) is 6.04 Å². The lowest BCUT2D eigenvalue weighted by molar-refractivity contribution is -0.139. The van der Waals surface area contributed by atoms with E-state index >= 15 is 0 Å². The molecule has 2 aromatic carbocycles. The molecule has 0 fully saturated rings. The van der Waals surface area contributed by atoms with Crippen molar-refractivity contribution in [3.63, 3.8) is 0 Å². The van der Waals surface area contributed by atoms with Gasteiger partial charge >= 0.3 is 12.0 Å². The summed E-state index contributed by atoms with van der Waals surface area (Å²) in [4.78, 5) is 26.7. The van der Waals surface area contributed by atoms with Crippen molar-refractivity contribution in [3.8, 4) is 0 Å². The molecule has 3 aromatic rings. The van der Waals surface area contributed by atoms with Crippen molar-refractivity contribution in [2.45, 2.75) is 12.5 Å². The van der Waals surface area contributed by atoms with E-state index in [4.69, 9.17) is 11.6 Å². The molecule has 1 aromatic heterocycles. The van der Waals surface area contributed by atoms with Crippen LogP contribution in [0.4, 0.5) is 10.5 Å². The number of urea groups is 1. The van der Waals surface area contributed by atoms with Crippen molar-refractivity contribution in [2.24, 2.45) is 0 Å². The topological polar surface area (TPSA) is 94.2 Å². The number of aliphatic carboxylic acids is 1. The van der Waals surface area contributed by atoms with E-state index in [1.807, 2.05) is 24.3 Å². The first-order valence-electron chi connectivity index (χ1n) is 7.64. The predicted octanol–water partition coefficient (Wildman–Crippen LogP) is 3.64. The van der Waals surface area contributed by atoms with Gasteiger partial charge in [-0.2, -0.15) is 0 Å². The number of fused-ring (bicyclic) bond motifs is 1. The number of anilines is 1. The number of carboxylic acids is 1. The van der Waals surface area contributed by atoms with Crippen LogP contribution in [0.5, 0.6) is 0 Å². The van der Waals surface area contributed by atoms with Gasteiger partial charge in [-0.05, 0) is 29.8 Å². The predicted molar refractivity (Wildman–Crippen MR) is 97.0 cm³/mol. The number of para-hydroxylation sites is 1. The molecular weight excluding hydrogens is 342 g/mol. The summed E-state index contributed by atoms with van der Waals surface area (Å²) < 4.78 is 0. The van der Waals surface area contributed by atoms with E-state index in [1.54, 1.807) is 30.5 Å². The van der Waals surface area contributed by atoms with Gasteiger partial charge in [0.15, 0.2) is 0 Å². The standard InChI is InChI=1S/C18H16ClN3O3/c19-12-4-3-5-13(9-12)21-18(25)22-16(17(23)24)8-11-10-20-15-7-2-1-6-14(11)15/h1-7,9-10,16,20H,8H2,(H,23,24)(H2,21,22,25). The molecule has 0 aliphatic rings. The molecule has 2 amide bonds. The zero-order valence-electron chi connectivity index (χ0n) is 13.1. The van der Waals surface area contributed by atoms with Crippen LogP contribution in [0, 0.1) is 0 Å². The molecule has 6 nitrogen and oxygen atoms in total. The van der Waals surface area contributed by atoms with Crippen LogP contribution < -0.4 is 10.6 Å². The second kappa shape index (κ2) is 7.27. The van der Waals surface area contributed by atoms with Crippen molar-refractivity contribution in [3.05, 3.63) is 65.3 Å². The first-order valence-corrected chi connectivity index (χ1v) is 8.01. The Hall–Kier alpha value is -2.99. The van der Waals surface area contributed by atoms with E-state index in [0.717, 1.165) is 16.5 Å². The van der Waals surface area contributed by atoms with Crippen LogP contribution in [-0.4, -0.2) is 28.1 Å². The summed E-state index contributed by atoms with van der Waals surface area (Å²) in [6.45, 7) is 0. The monoisotopic (exact) mass is 357 g/mol. The number of nitrogens with one attached hydrogen (secondary N) is 3. The second-order valence-corrected chi connectivity index (χ2v) is 6.00.